The van der Waals surface area contributed by atoms with E-state index in [2.05, 4.69) is 45.0 Å². The topological polar surface area (TPSA) is 58.9 Å². The molecule has 1 heterocycles. The van der Waals surface area contributed by atoms with Crippen molar-refractivity contribution in [2.75, 3.05) is 13.2 Å². The lowest BCUT2D eigenvalue weighted by molar-refractivity contribution is -0.00215. The largest absolute Gasteiger partial charge is 0.405 e. The second-order valence-corrected chi connectivity index (χ2v) is 12.2. The zero-order chi connectivity index (χ0) is 18.8. The smallest absolute Gasteiger partial charge is 0.261 e. The van der Waals surface area contributed by atoms with Gasteiger partial charge in [0, 0.05) is 0 Å². The van der Waals surface area contributed by atoms with Crippen molar-refractivity contribution in [3.63, 3.8) is 0 Å². The van der Waals surface area contributed by atoms with E-state index in [0.29, 0.717) is 0 Å². The van der Waals surface area contributed by atoms with Crippen molar-refractivity contribution < 1.29 is 19.4 Å². The minimum Gasteiger partial charge on any atom is -0.405 e. The molecule has 5 heteroatoms. The summed E-state index contributed by atoms with van der Waals surface area (Å²) in [5.41, 5.74) is 0. The summed E-state index contributed by atoms with van der Waals surface area (Å²) >= 11 is 0. The highest BCUT2D eigenvalue weighted by Gasteiger charge is 2.51. The molecule has 1 fully saturated rings. The van der Waals surface area contributed by atoms with Crippen LogP contribution in [0.5, 0.6) is 0 Å². The van der Waals surface area contributed by atoms with E-state index in [1.54, 1.807) is 0 Å². The van der Waals surface area contributed by atoms with Crippen molar-refractivity contribution in [2.24, 2.45) is 0 Å². The van der Waals surface area contributed by atoms with Gasteiger partial charge in [0.25, 0.3) is 8.32 Å². The molecular weight excluding hydrogens is 344 g/mol. The SMILES string of the molecule is CC(C)(C)[Si](OC[C@@H]1OC[C@@H](O)[C@H]1O)(c1ccccc1)c1ccccc1. The van der Waals surface area contributed by atoms with Crippen molar-refractivity contribution >= 4 is 18.7 Å². The van der Waals surface area contributed by atoms with Crippen LogP contribution >= 0.6 is 0 Å². The maximum Gasteiger partial charge on any atom is 0.261 e. The minimum atomic E-state index is -2.64. The fourth-order valence-electron chi connectivity index (χ4n) is 3.78. The van der Waals surface area contributed by atoms with E-state index in [0.717, 1.165) is 0 Å². The molecule has 1 aliphatic rings. The first-order chi connectivity index (χ1) is 12.4. The van der Waals surface area contributed by atoms with Gasteiger partial charge >= 0.3 is 0 Å². The van der Waals surface area contributed by atoms with Crippen LogP contribution in [0.2, 0.25) is 5.04 Å². The van der Waals surface area contributed by atoms with Crippen LogP contribution in [0.25, 0.3) is 0 Å². The predicted molar refractivity (Wildman–Crippen MR) is 105 cm³/mol. The molecule has 0 bridgehead atoms. The number of ether oxygens (including phenoxy) is 1. The zero-order valence-electron chi connectivity index (χ0n) is 15.6. The second kappa shape index (κ2) is 7.62. The molecule has 0 unspecified atom stereocenters. The van der Waals surface area contributed by atoms with E-state index >= 15 is 0 Å². The van der Waals surface area contributed by atoms with E-state index in [1.807, 2.05) is 36.4 Å². The van der Waals surface area contributed by atoms with Crippen molar-refractivity contribution in [3.05, 3.63) is 60.7 Å². The standard InChI is InChI=1S/C21H28O4Si/c1-21(2,3)26(16-10-6-4-7-11-16,17-12-8-5-9-13-17)25-15-19-20(23)18(22)14-24-19/h4-13,18-20,22-23H,14-15H2,1-3H3/t18-,19+,20-/m1/s1. The Hall–Kier alpha value is -1.50. The molecule has 0 amide bonds. The summed E-state index contributed by atoms with van der Waals surface area (Å²) in [5, 5.41) is 22.2. The number of rotatable bonds is 5. The maximum atomic E-state index is 10.2. The second-order valence-electron chi connectivity index (χ2n) is 7.90. The molecule has 1 aliphatic heterocycles. The molecule has 0 spiro atoms. The average Bonchev–Trinajstić information content (AvgIpc) is 2.95. The molecule has 1 saturated heterocycles. The van der Waals surface area contributed by atoms with E-state index in [-0.39, 0.29) is 18.3 Å². The normalized spacial score (nSPS) is 24.0. The highest BCUT2D eigenvalue weighted by atomic mass is 28.4. The molecule has 0 aliphatic carbocycles. The van der Waals surface area contributed by atoms with E-state index < -0.39 is 26.6 Å². The molecule has 0 aromatic heterocycles. The molecule has 0 radical (unpaired) electrons. The van der Waals surface area contributed by atoms with Crippen LogP contribution in [-0.4, -0.2) is 50.1 Å². The Morgan fingerprint density at radius 2 is 1.46 bits per heavy atom. The molecule has 0 saturated carbocycles. The Morgan fingerprint density at radius 3 is 1.85 bits per heavy atom. The highest BCUT2D eigenvalue weighted by Crippen LogP contribution is 2.37. The van der Waals surface area contributed by atoms with Gasteiger partial charge in [0.15, 0.2) is 0 Å². The van der Waals surface area contributed by atoms with Crippen LogP contribution < -0.4 is 10.4 Å². The molecule has 4 nitrogen and oxygen atoms in total. The summed E-state index contributed by atoms with van der Waals surface area (Å²) in [6.45, 7) is 7.03. The van der Waals surface area contributed by atoms with Crippen LogP contribution in [-0.2, 0) is 9.16 Å². The zero-order valence-corrected chi connectivity index (χ0v) is 16.6. The van der Waals surface area contributed by atoms with Gasteiger partial charge < -0.3 is 19.4 Å². The summed E-state index contributed by atoms with van der Waals surface area (Å²) in [5.74, 6) is 0. The molecular formula is C21H28O4Si. The Balaban J connectivity index is 2.03. The first-order valence-corrected chi connectivity index (χ1v) is 11.0. The van der Waals surface area contributed by atoms with E-state index in [4.69, 9.17) is 9.16 Å². The number of aliphatic hydroxyl groups excluding tert-OH is 2. The third-order valence-corrected chi connectivity index (χ3v) is 10.1. The van der Waals surface area contributed by atoms with Gasteiger partial charge in [0.1, 0.15) is 18.3 Å². The van der Waals surface area contributed by atoms with Gasteiger partial charge in [-0.3, -0.25) is 0 Å². The third kappa shape index (κ3) is 3.50. The van der Waals surface area contributed by atoms with Crippen LogP contribution in [0.1, 0.15) is 20.8 Å². The third-order valence-electron chi connectivity index (χ3n) is 5.14. The Bertz CT molecular complexity index is 659. The molecule has 2 N–H and O–H groups in total. The first-order valence-electron chi connectivity index (χ1n) is 9.09. The van der Waals surface area contributed by atoms with Crippen LogP contribution in [0.3, 0.4) is 0 Å². The van der Waals surface area contributed by atoms with Gasteiger partial charge in [-0.2, -0.15) is 0 Å². The Kier molecular flexibility index (Phi) is 5.65. The summed E-state index contributed by atoms with van der Waals surface area (Å²) in [6.07, 6.45) is -2.26. The monoisotopic (exact) mass is 372 g/mol. The number of hydrogen-bond donors (Lipinski definition) is 2. The Morgan fingerprint density at radius 1 is 0.962 bits per heavy atom. The van der Waals surface area contributed by atoms with Crippen molar-refractivity contribution in [1.29, 1.82) is 0 Å². The molecule has 2 aromatic carbocycles. The minimum absolute atomic E-state index is 0.127. The Labute approximate surface area is 156 Å². The van der Waals surface area contributed by atoms with E-state index in [9.17, 15) is 10.2 Å². The molecule has 2 aromatic rings. The van der Waals surface area contributed by atoms with Gasteiger partial charge in [-0.15, -0.1) is 0 Å². The molecule has 3 rings (SSSR count). The van der Waals surface area contributed by atoms with Crippen molar-refractivity contribution in [3.8, 4) is 0 Å². The van der Waals surface area contributed by atoms with Gasteiger partial charge in [0.2, 0.25) is 0 Å². The van der Waals surface area contributed by atoms with Gasteiger partial charge in [-0.1, -0.05) is 81.4 Å². The van der Waals surface area contributed by atoms with E-state index in [1.165, 1.54) is 10.4 Å². The molecule has 26 heavy (non-hydrogen) atoms. The quantitative estimate of drug-likeness (QED) is 0.784. The van der Waals surface area contributed by atoms with Crippen LogP contribution in [0.4, 0.5) is 0 Å². The predicted octanol–water partition coefficient (Wildman–Crippen LogP) is 1.68. The van der Waals surface area contributed by atoms with Crippen LogP contribution in [0.15, 0.2) is 60.7 Å². The van der Waals surface area contributed by atoms with Crippen molar-refractivity contribution in [1.82, 2.24) is 0 Å². The highest BCUT2D eigenvalue weighted by molar-refractivity contribution is 6.99. The summed E-state index contributed by atoms with van der Waals surface area (Å²) in [4.78, 5) is 0. The number of hydrogen-bond acceptors (Lipinski definition) is 4. The fourth-order valence-corrected chi connectivity index (χ4v) is 8.35. The van der Waals surface area contributed by atoms with Crippen LogP contribution in [0, 0.1) is 0 Å². The lowest BCUT2D eigenvalue weighted by atomic mass is 10.2. The average molecular weight is 373 g/mol. The lowest BCUT2D eigenvalue weighted by Gasteiger charge is -2.43. The maximum absolute atomic E-state index is 10.2. The fraction of sp³-hybridized carbons (Fsp3) is 0.429. The number of benzene rings is 2. The molecule has 3 atom stereocenters. The van der Waals surface area contributed by atoms with Gasteiger partial charge in [-0.05, 0) is 15.4 Å². The molecule has 140 valence electrons. The summed E-state index contributed by atoms with van der Waals surface area (Å²) < 4.78 is 12.3. The van der Waals surface area contributed by atoms with Gasteiger partial charge in [0.05, 0.1) is 13.2 Å². The number of aliphatic hydroxyl groups is 2. The lowest BCUT2D eigenvalue weighted by Crippen LogP contribution is -2.67. The first kappa shape index (κ1) is 19.3. The van der Waals surface area contributed by atoms with Crippen molar-refractivity contribution in [2.45, 2.75) is 44.1 Å². The summed E-state index contributed by atoms with van der Waals surface area (Å²) in [7, 11) is -2.64. The van der Waals surface area contributed by atoms with Gasteiger partial charge in [-0.25, -0.2) is 0 Å². The summed E-state index contributed by atoms with van der Waals surface area (Å²) in [6, 6.07) is 20.7.